The average molecular weight is 457 g/mol. The van der Waals surface area contributed by atoms with Gasteiger partial charge in [-0.15, -0.1) is 0 Å². The Bertz CT molecular complexity index is 1240. The van der Waals surface area contributed by atoms with Crippen LogP contribution in [0.3, 0.4) is 0 Å². The molecule has 0 atom stereocenters. The normalized spacial score (nSPS) is 11.4. The van der Waals surface area contributed by atoms with E-state index in [0.717, 1.165) is 16.8 Å². The predicted molar refractivity (Wildman–Crippen MR) is 120 cm³/mol. The van der Waals surface area contributed by atoms with E-state index in [1.807, 2.05) is 35.0 Å². The van der Waals surface area contributed by atoms with Crippen LogP contribution in [-0.2, 0) is 16.6 Å². The summed E-state index contributed by atoms with van der Waals surface area (Å²) in [6.45, 7) is 0.138. The molecule has 4 rings (SSSR count). The van der Waals surface area contributed by atoms with Gasteiger partial charge in [-0.05, 0) is 59.5 Å². The molecule has 0 saturated heterocycles. The number of thiophene rings is 1. The van der Waals surface area contributed by atoms with Gasteiger partial charge in [0.25, 0.3) is 0 Å². The second-order valence-electron chi connectivity index (χ2n) is 6.35. The molecule has 152 valence electrons. The second kappa shape index (κ2) is 8.97. The minimum absolute atomic E-state index is 0.138. The second-order valence-corrected chi connectivity index (χ2v) is 9.31. The number of pyridine rings is 1. The van der Waals surface area contributed by atoms with Gasteiger partial charge >= 0.3 is 0 Å². The molecule has 1 N–H and O–H groups in total. The first-order chi connectivity index (χ1) is 14.5. The van der Waals surface area contributed by atoms with Crippen LogP contribution in [0, 0.1) is 0 Å². The highest BCUT2D eigenvalue weighted by Gasteiger charge is 2.16. The summed E-state index contributed by atoms with van der Waals surface area (Å²) in [7, 11) is -3.70. The lowest BCUT2D eigenvalue weighted by Crippen LogP contribution is -2.23. The zero-order valence-corrected chi connectivity index (χ0v) is 18.0. The fourth-order valence-electron chi connectivity index (χ4n) is 2.84. The van der Waals surface area contributed by atoms with Crippen molar-refractivity contribution < 1.29 is 13.2 Å². The summed E-state index contributed by atoms with van der Waals surface area (Å²) in [4.78, 5) is 4.55. The van der Waals surface area contributed by atoms with Crippen molar-refractivity contribution in [1.29, 1.82) is 0 Å². The molecule has 0 bridgehead atoms. The zero-order chi connectivity index (χ0) is 21.0. The fourth-order valence-corrected chi connectivity index (χ4v) is 4.66. The van der Waals surface area contributed by atoms with Gasteiger partial charge < -0.3 is 4.74 Å². The van der Waals surface area contributed by atoms with Gasteiger partial charge in [0.15, 0.2) is 0 Å². The molecule has 4 aromatic rings. The van der Waals surface area contributed by atoms with Crippen molar-refractivity contribution in [1.82, 2.24) is 9.71 Å². The number of sulfonamides is 1. The first kappa shape index (κ1) is 20.6. The SMILES string of the molecule is O=S(=O)(NCc1cccnc1-c1ccsc1)c1ccc(Oc2ccccc2Cl)cc1. The van der Waals surface area contributed by atoms with Crippen molar-refractivity contribution in [2.24, 2.45) is 0 Å². The Morgan fingerprint density at radius 2 is 1.80 bits per heavy atom. The predicted octanol–water partition coefficient (Wildman–Crippen LogP) is 5.73. The molecule has 0 spiro atoms. The van der Waals surface area contributed by atoms with Crippen molar-refractivity contribution in [2.75, 3.05) is 0 Å². The summed E-state index contributed by atoms with van der Waals surface area (Å²) in [6.07, 6.45) is 1.70. The number of benzene rings is 2. The number of aromatic nitrogens is 1. The van der Waals surface area contributed by atoms with Crippen molar-refractivity contribution in [2.45, 2.75) is 11.4 Å². The van der Waals surface area contributed by atoms with Crippen molar-refractivity contribution in [3.05, 3.63) is 94.3 Å². The Labute approximate surface area is 184 Å². The van der Waals surface area contributed by atoms with Gasteiger partial charge in [0, 0.05) is 23.7 Å². The van der Waals surface area contributed by atoms with Crippen LogP contribution >= 0.6 is 22.9 Å². The largest absolute Gasteiger partial charge is 0.456 e. The number of hydrogen-bond acceptors (Lipinski definition) is 5. The lowest BCUT2D eigenvalue weighted by molar-refractivity contribution is 0.482. The zero-order valence-electron chi connectivity index (χ0n) is 15.7. The summed E-state index contributed by atoms with van der Waals surface area (Å²) in [5.74, 6) is 1.000. The maximum atomic E-state index is 12.7. The third-order valence-corrected chi connectivity index (χ3v) is 6.75. The molecule has 2 aromatic carbocycles. The van der Waals surface area contributed by atoms with Crippen LogP contribution in [-0.4, -0.2) is 13.4 Å². The van der Waals surface area contributed by atoms with Gasteiger partial charge in [-0.2, -0.15) is 11.3 Å². The summed E-state index contributed by atoms with van der Waals surface area (Å²) < 4.78 is 33.8. The molecule has 0 aliphatic carbocycles. The minimum Gasteiger partial charge on any atom is -0.456 e. The highest BCUT2D eigenvalue weighted by atomic mass is 35.5. The fraction of sp³-hybridized carbons (Fsp3) is 0.0455. The van der Waals surface area contributed by atoms with E-state index in [1.165, 1.54) is 12.1 Å². The Balaban J connectivity index is 1.48. The van der Waals surface area contributed by atoms with Crippen molar-refractivity contribution in [3.63, 3.8) is 0 Å². The molecular formula is C22H17ClN2O3S2. The topological polar surface area (TPSA) is 68.3 Å². The van der Waals surface area contributed by atoms with Crippen LogP contribution in [0.5, 0.6) is 11.5 Å². The monoisotopic (exact) mass is 456 g/mol. The van der Waals surface area contributed by atoms with Crippen LogP contribution in [0.2, 0.25) is 5.02 Å². The third kappa shape index (κ3) is 4.71. The number of para-hydroxylation sites is 1. The third-order valence-electron chi connectivity index (χ3n) is 4.34. The summed E-state index contributed by atoms with van der Waals surface area (Å²) in [5.41, 5.74) is 2.54. The molecule has 0 fully saturated rings. The Morgan fingerprint density at radius 1 is 1.00 bits per heavy atom. The lowest BCUT2D eigenvalue weighted by atomic mass is 10.1. The number of nitrogens with one attached hydrogen (secondary N) is 1. The summed E-state index contributed by atoms with van der Waals surface area (Å²) in [5, 5.41) is 4.43. The van der Waals surface area contributed by atoms with E-state index in [0.29, 0.717) is 16.5 Å². The standard InChI is InChI=1S/C22H17ClN2O3S2/c23-20-5-1-2-6-21(20)28-18-7-9-19(10-8-18)30(26,27)25-14-16-4-3-12-24-22(16)17-11-13-29-15-17/h1-13,15,25H,14H2. The van der Waals surface area contributed by atoms with E-state index in [-0.39, 0.29) is 11.4 Å². The molecule has 0 unspecified atom stereocenters. The van der Waals surface area contributed by atoms with Crippen LogP contribution in [0.25, 0.3) is 11.3 Å². The van der Waals surface area contributed by atoms with Gasteiger partial charge in [0.2, 0.25) is 10.0 Å². The molecule has 2 heterocycles. The summed E-state index contributed by atoms with van der Waals surface area (Å²) >= 11 is 7.66. The van der Waals surface area contributed by atoms with E-state index in [1.54, 1.807) is 47.9 Å². The van der Waals surface area contributed by atoms with Crippen LogP contribution in [0.4, 0.5) is 0 Å². The highest BCUT2D eigenvalue weighted by Crippen LogP contribution is 2.29. The smallest absolute Gasteiger partial charge is 0.240 e. The number of halogens is 1. The number of ether oxygens (including phenoxy) is 1. The van der Waals surface area contributed by atoms with Crippen molar-refractivity contribution >= 4 is 33.0 Å². The van der Waals surface area contributed by atoms with Crippen LogP contribution in [0.15, 0.2) is 88.6 Å². The van der Waals surface area contributed by atoms with E-state index in [9.17, 15) is 8.42 Å². The molecule has 5 nitrogen and oxygen atoms in total. The van der Waals surface area contributed by atoms with Crippen molar-refractivity contribution in [3.8, 4) is 22.8 Å². The minimum atomic E-state index is -3.70. The van der Waals surface area contributed by atoms with Gasteiger partial charge in [-0.25, -0.2) is 13.1 Å². The molecule has 2 aromatic heterocycles. The average Bonchev–Trinajstić information content (AvgIpc) is 3.29. The molecular weight excluding hydrogens is 440 g/mol. The summed E-state index contributed by atoms with van der Waals surface area (Å²) in [6, 6.07) is 18.9. The molecule has 30 heavy (non-hydrogen) atoms. The molecule has 0 aliphatic heterocycles. The van der Waals surface area contributed by atoms with Crippen LogP contribution < -0.4 is 9.46 Å². The number of hydrogen-bond donors (Lipinski definition) is 1. The maximum Gasteiger partial charge on any atom is 0.240 e. The van der Waals surface area contributed by atoms with E-state index in [2.05, 4.69) is 9.71 Å². The van der Waals surface area contributed by atoms with Gasteiger partial charge in [-0.3, -0.25) is 4.98 Å². The lowest BCUT2D eigenvalue weighted by Gasteiger charge is -2.11. The van der Waals surface area contributed by atoms with Gasteiger partial charge in [-0.1, -0.05) is 29.8 Å². The highest BCUT2D eigenvalue weighted by molar-refractivity contribution is 7.89. The maximum absolute atomic E-state index is 12.7. The molecule has 0 aliphatic rings. The van der Waals surface area contributed by atoms with E-state index in [4.69, 9.17) is 16.3 Å². The van der Waals surface area contributed by atoms with Gasteiger partial charge in [0.05, 0.1) is 15.6 Å². The number of rotatable bonds is 7. The first-order valence-corrected chi connectivity index (χ1v) is 11.8. The van der Waals surface area contributed by atoms with E-state index < -0.39 is 10.0 Å². The quantitative estimate of drug-likeness (QED) is 0.385. The number of nitrogens with zero attached hydrogens (tertiary/aromatic N) is 1. The van der Waals surface area contributed by atoms with Gasteiger partial charge in [0.1, 0.15) is 11.5 Å². The first-order valence-electron chi connectivity index (χ1n) is 9.01. The molecule has 8 heteroatoms. The molecule has 0 radical (unpaired) electrons. The molecule has 0 amide bonds. The Hall–Kier alpha value is -2.71. The Morgan fingerprint density at radius 3 is 2.53 bits per heavy atom. The molecule has 0 saturated carbocycles. The Kier molecular flexibility index (Phi) is 6.15. The van der Waals surface area contributed by atoms with Crippen LogP contribution in [0.1, 0.15) is 5.56 Å². The van der Waals surface area contributed by atoms with E-state index >= 15 is 0 Å².